The molecule has 1 N–H and O–H groups in total. The van der Waals surface area contributed by atoms with E-state index in [1.165, 1.54) is 5.56 Å². The second-order valence-electron chi connectivity index (χ2n) is 5.32. The largest absolute Gasteiger partial charge is 0.336 e. The standard InChI is InChI=1S/C17H12Cl2N4/c1-10-5-6-13-14(7-10)23-9-20-8-15(23)17(21-13)22-16-11(18)3-2-4-12(16)19/h2-9H,1H3,(H,21,22). The molecule has 0 amide bonds. The van der Waals surface area contributed by atoms with E-state index in [0.717, 1.165) is 16.6 Å². The molecule has 0 unspecified atom stereocenters. The van der Waals surface area contributed by atoms with Gasteiger partial charge in [0.2, 0.25) is 0 Å². The number of aromatic nitrogens is 3. The molecule has 114 valence electrons. The maximum Gasteiger partial charge on any atom is 0.157 e. The minimum atomic E-state index is 0.543. The van der Waals surface area contributed by atoms with E-state index in [0.29, 0.717) is 21.6 Å². The third-order valence-electron chi connectivity index (χ3n) is 3.71. The first-order valence-corrected chi connectivity index (χ1v) is 7.82. The van der Waals surface area contributed by atoms with Gasteiger partial charge in [-0.05, 0) is 36.8 Å². The van der Waals surface area contributed by atoms with Crippen molar-refractivity contribution in [3.05, 3.63) is 64.5 Å². The van der Waals surface area contributed by atoms with Gasteiger partial charge in [0.1, 0.15) is 5.52 Å². The van der Waals surface area contributed by atoms with Crippen molar-refractivity contribution in [1.82, 2.24) is 14.4 Å². The number of anilines is 2. The van der Waals surface area contributed by atoms with Crippen LogP contribution in [0.1, 0.15) is 5.56 Å². The van der Waals surface area contributed by atoms with Crippen molar-refractivity contribution in [1.29, 1.82) is 0 Å². The van der Waals surface area contributed by atoms with Gasteiger partial charge < -0.3 is 5.32 Å². The molecule has 4 nitrogen and oxygen atoms in total. The molecule has 0 saturated heterocycles. The second-order valence-corrected chi connectivity index (χ2v) is 6.14. The summed E-state index contributed by atoms with van der Waals surface area (Å²) in [5, 5.41) is 4.33. The monoisotopic (exact) mass is 342 g/mol. The normalized spacial score (nSPS) is 11.3. The van der Waals surface area contributed by atoms with Crippen LogP contribution in [-0.4, -0.2) is 14.4 Å². The van der Waals surface area contributed by atoms with E-state index < -0.39 is 0 Å². The Balaban J connectivity index is 1.96. The van der Waals surface area contributed by atoms with Crippen LogP contribution in [0, 0.1) is 6.92 Å². The first-order chi connectivity index (χ1) is 11.1. The van der Waals surface area contributed by atoms with Crippen LogP contribution in [0.4, 0.5) is 11.5 Å². The van der Waals surface area contributed by atoms with E-state index in [2.05, 4.69) is 23.3 Å². The van der Waals surface area contributed by atoms with Crippen molar-refractivity contribution in [2.75, 3.05) is 5.32 Å². The van der Waals surface area contributed by atoms with Crippen LogP contribution >= 0.6 is 23.2 Å². The van der Waals surface area contributed by atoms with Crippen molar-refractivity contribution in [2.24, 2.45) is 0 Å². The molecule has 2 aromatic heterocycles. The number of fused-ring (bicyclic) bond motifs is 3. The average molecular weight is 343 g/mol. The number of nitrogens with zero attached hydrogens (tertiary/aromatic N) is 3. The van der Waals surface area contributed by atoms with Crippen molar-refractivity contribution in [3.8, 4) is 0 Å². The van der Waals surface area contributed by atoms with Gasteiger partial charge in [-0.1, -0.05) is 35.3 Å². The quantitative estimate of drug-likeness (QED) is 0.541. The van der Waals surface area contributed by atoms with Crippen LogP contribution in [0.3, 0.4) is 0 Å². The van der Waals surface area contributed by atoms with Crippen LogP contribution in [0.25, 0.3) is 16.6 Å². The number of halogens is 2. The molecule has 0 atom stereocenters. The molecular formula is C17H12Cl2N4. The van der Waals surface area contributed by atoms with Gasteiger partial charge in [-0.15, -0.1) is 0 Å². The number of benzene rings is 2. The van der Waals surface area contributed by atoms with Gasteiger partial charge in [-0.2, -0.15) is 0 Å². The summed E-state index contributed by atoms with van der Waals surface area (Å²) < 4.78 is 2.00. The zero-order chi connectivity index (χ0) is 16.0. The number of nitrogens with one attached hydrogen (secondary N) is 1. The first-order valence-electron chi connectivity index (χ1n) is 7.07. The summed E-state index contributed by atoms with van der Waals surface area (Å²) in [7, 11) is 0. The zero-order valence-corrected chi connectivity index (χ0v) is 13.7. The SMILES string of the molecule is Cc1ccc2nc(Nc3c(Cl)cccc3Cl)c3cncn3c2c1. The summed E-state index contributed by atoms with van der Waals surface area (Å²) in [4.78, 5) is 8.95. The maximum atomic E-state index is 6.25. The lowest BCUT2D eigenvalue weighted by Crippen LogP contribution is -2.00. The van der Waals surface area contributed by atoms with E-state index in [9.17, 15) is 0 Å². The molecule has 4 aromatic rings. The van der Waals surface area contributed by atoms with Gasteiger partial charge in [0.25, 0.3) is 0 Å². The number of rotatable bonds is 2. The van der Waals surface area contributed by atoms with Gasteiger partial charge in [-0.25, -0.2) is 9.97 Å². The Morgan fingerprint density at radius 1 is 1.04 bits per heavy atom. The number of para-hydroxylation sites is 1. The zero-order valence-electron chi connectivity index (χ0n) is 12.2. The molecule has 0 spiro atoms. The predicted molar refractivity (Wildman–Crippen MR) is 95.0 cm³/mol. The molecule has 23 heavy (non-hydrogen) atoms. The Morgan fingerprint density at radius 3 is 2.61 bits per heavy atom. The number of imidazole rings is 1. The van der Waals surface area contributed by atoms with Crippen LogP contribution in [0.15, 0.2) is 48.9 Å². The van der Waals surface area contributed by atoms with E-state index in [1.54, 1.807) is 30.7 Å². The van der Waals surface area contributed by atoms with Crippen molar-refractivity contribution in [3.63, 3.8) is 0 Å². The van der Waals surface area contributed by atoms with Gasteiger partial charge in [0.05, 0.1) is 39.3 Å². The molecule has 0 aliphatic carbocycles. The highest BCUT2D eigenvalue weighted by Gasteiger charge is 2.12. The Hall–Kier alpha value is -2.30. The summed E-state index contributed by atoms with van der Waals surface area (Å²) in [5.41, 5.74) is 4.54. The van der Waals surface area contributed by atoms with Gasteiger partial charge >= 0.3 is 0 Å². The Labute approximate surface area is 142 Å². The van der Waals surface area contributed by atoms with E-state index >= 15 is 0 Å². The van der Waals surface area contributed by atoms with Gasteiger partial charge in [0.15, 0.2) is 5.82 Å². The molecule has 0 saturated carbocycles. The summed E-state index contributed by atoms with van der Waals surface area (Å²) in [5.74, 6) is 0.661. The topological polar surface area (TPSA) is 42.2 Å². The van der Waals surface area contributed by atoms with Crippen molar-refractivity contribution < 1.29 is 0 Å². The summed E-state index contributed by atoms with van der Waals surface area (Å²) in [6.45, 7) is 2.05. The Morgan fingerprint density at radius 2 is 1.83 bits per heavy atom. The van der Waals surface area contributed by atoms with E-state index in [4.69, 9.17) is 28.2 Å². The van der Waals surface area contributed by atoms with Gasteiger partial charge in [-0.3, -0.25) is 4.40 Å². The fraction of sp³-hybridized carbons (Fsp3) is 0.0588. The first kappa shape index (κ1) is 14.3. The number of hydrogen-bond donors (Lipinski definition) is 1. The minimum absolute atomic E-state index is 0.543. The van der Waals surface area contributed by atoms with Crippen LogP contribution < -0.4 is 5.32 Å². The summed E-state index contributed by atoms with van der Waals surface area (Å²) >= 11 is 12.5. The number of hydrogen-bond acceptors (Lipinski definition) is 3. The lowest BCUT2D eigenvalue weighted by molar-refractivity contribution is 1.18. The van der Waals surface area contributed by atoms with Crippen LogP contribution in [0.2, 0.25) is 10.0 Å². The fourth-order valence-corrected chi connectivity index (χ4v) is 3.08. The van der Waals surface area contributed by atoms with Gasteiger partial charge in [0, 0.05) is 0 Å². The minimum Gasteiger partial charge on any atom is -0.336 e. The molecule has 0 fully saturated rings. The molecule has 0 aliphatic heterocycles. The molecule has 0 radical (unpaired) electrons. The summed E-state index contributed by atoms with van der Waals surface area (Å²) in [6, 6.07) is 11.5. The van der Waals surface area contributed by atoms with Crippen molar-refractivity contribution >= 4 is 51.3 Å². The lowest BCUT2D eigenvalue weighted by Gasteiger charge is -2.12. The van der Waals surface area contributed by atoms with Crippen molar-refractivity contribution in [2.45, 2.75) is 6.92 Å². The van der Waals surface area contributed by atoms with E-state index in [-0.39, 0.29) is 0 Å². The average Bonchev–Trinajstić information content (AvgIpc) is 3.01. The molecule has 0 aliphatic rings. The molecule has 6 heteroatoms. The highest BCUT2D eigenvalue weighted by molar-refractivity contribution is 6.39. The van der Waals surface area contributed by atoms with E-state index in [1.807, 2.05) is 16.5 Å². The third-order valence-corrected chi connectivity index (χ3v) is 4.34. The summed E-state index contributed by atoms with van der Waals surface area (Å²) in [6.07, 6.45) is 3.54. The number of aryl methyl sites for hydroxylation is 1. The third kappa shape index (κ3) is 2.40. The highest BCUT2D eigenvalue weighted by atomic mass is 35.5. The Kier molecular flexibility index (Phi) is 3.36. The second kappa shape index (κ2) is 5.41. The molecule has 4 rings (SSSR count). The lowest BCUT2D eigenvalue weighted by atomic mass is 10.2. The molecular weight excluding hydrogens is 331 g/mol. The molecule has 0 bridgehead atoms. The predicted octanol–water partition coefficient (Wildman–Crippen LogP) is 5.24. The molecule has 2 heterocycles. The van der Waals surface area contributed by atoms with Crippen LogP contribution in [-0.2, 0) is 0 Å². The van der Waals surface area contributed by atoms with Crippen LogP contribution in [0.5, 0.6) is 0 Å². The highest BCUT2D eigenvalue weighted by Crippen LogP contribution is 2.34. The maximum absolute atomic E-state index is 6.25. The molecule has 2 aromatic carbocycles. The fourth-order valence-electron chi connectivity index (χ4n) is 2.59. The smallest absolute Gasteiger partial charge is 0.157 e. The Bertz CT molecular complexity index is 1020.